The van der Waals surface area contributed by atoms with Crippen molar-refractivity contribution >= 4 is 43.5 Å². The van der Waals surface area contributed by atoms with Crippen LogP contribution in [-0.2, 0) is 4.74 Å². The van der Waals surface area contributed by atoms with E-state index in [4.69, 9.17) is 0 Å². The summed E-state index contributed by atoms with van der Waals surface area (Å²) in [5.41, 5.74) is -0.00717. The van der Waals surface area contributed by atoms with Crippen LogP contribution in [0.1, 0.15) is 10.4 Å². The number of nitrogens with zero attached hydrogens (tertiary/aromatic N) is 1. The molecule has 0 radical (unpaired) electrons. The maximum Gasteiger partial charge on any atom is 0.573 e. The molecule has 0 spiro atoms. The SMILES string of the molecule is COC(=O)c1cc(OC(F)(F)F)c2nc(Br)sc2c1. The highest BCUT2D eigenvalue weighted by Crippen LogP contribution is 2.36. The number of ether oxygens (including phenoxy) is 2. The molecule has 1 heterocycles. The van der Waals surface area contributed by atoms with Gasteiger partial charge in [0.05, 0.1) is 17.4 Å². The molecule has 0 saturated carbocycles. The van der Waals surface area contributed by atoms with E-state index in [-0.39, 0.29) is 11.1 Å². The topological polar surface area (TPSA) is 48.4 Å². The van der Waals surface area contributed by atoms with Crippen molar-refractivity contribution in [3.05, 3.63) is 21.6 Å². The maximum absolute atomic E-state index is 12.3. The molecular weight excluding hydrogens is 351 g/mol. The van der Waals surface area contributed by atoms with Gasteiger partial charge in [-0.25, -0.2) is 9.78 Å². The van der Waals surface area contributed by atoms with Gasteiger partial charge in [-0.1, -0.05) is 0 Å². The van der Waals surface area contributed by atoms with Gasteiger partial charge in [0.1, 0.15) is 5.52 Å². The number of hydrogen-bond donors (Lipinski definition) is 0. The largest absolute Gasteiger partial charge is 0.573 e. The van der Waals surface area contributed by atoms with Crippen molar-refractivity contribution in [3.63, 3.8) is 0 Å². The first-order valence-corrected chi connectivity index (χ1v) is 6.35. The Morgan fingerprint density at radius 2 is 2.11 bits per heavy atom. The van der Waals surface area contributed by atoms with Gasteiger partial charge in [-0.05, 0) is 28.1 Å². The Labute approximate surface area is 117 Å². The average Bonchev–Trinajstić information content (AvgIpc) is 2.66. The van der Waals surface area contributed by atoms with Crippen LogP contribution < -0.4 is 4.74 Å². The molecule has 2 aromatic rings. The number of methoxy groups -OCH3 is 1. The van der Waals surface area contributed by atoms with E-state index in [0.717, 1.165) is 24.5 Å². The van der Waals surface area contributed by atoms with Crippen LogP contribution in [0.15, 0.2) is 16.0 Å². The summed E-state index contributed by atoms with van der Waals surface area (Å²) in [5, 5.41) is 0. The van der Waals surface area contributed by atoms with E-state index in [9.17, 15) is 18.0 Å². The predicted molar refractivity (Wildman–Crippen MR) is 65.3 cm³/mol. The van der Waals surface area contributed by atoms with Crippen LogP contribution in [-0.4, -0.2) is 24.4 Å². The van der Waals surface area contributed by atoms with Crippen LogP contribution in [0.25, 0.3) is 10.2 Å². The lowest BCUT2D eigenvalue weighted by Gasteiger charge is -2.10. The highest BCUT2D eigenvalue weighted by Gasteiger charge is 2.33. The Hall–Kier alpha value is -1.35. The molecule has 0 bridgehead atoms. The van der Waals surface area contributed by atoms with Crippen molar-refractivity contribution in [1.82, 2.24) is 4.98 Å². The summed E-state index contributed by atoms with van der Waals surface area (Å²) in [5.74, 6) is -1.29. The number of rotatable bonds is 2. The van der Waals surface area contributed by atoms with Gasteiger partial charge in [-0.15, -0.1) is 24.5 Å². The fourth-order valence-electron chi connectivity index (χ4n) is 1.41. The second kappa shape index (κ2) is 4.97. The minimum Gasteiger partial charge on any atom is -0.465 e. The second-order valence-electron chi connectivity index (χ2n) is 3.33. The monoisotopic (exact) mass is 355 g/mol. The molecule has 2 rings (SSSR count). The third-order valence-corrected chi connectivity index (χ3v) is 3.53. The molecule has 102 valence electrons. The number of halogens is 4. The molecule has 9 heteroatoms. The van der Waals surface area contributed by atoms with Gasteiger partial charge in [0.15, 0.2) is 9.67 Å². The first-order chi connectivity index (χ1) is 8.80. The molecule has 19 heavy (non-hydrogen) atoms. The van der Waals surface area contributed by atoms with Crippen molar-refractivity contribution in [2.45, 2.75) is 6.36 Å². The summed E-state index contributed by atoms with van der Waals surface area (Å²) in [6.07, 6.45) is -4.86. The molecule has 0 aliphatic carbocycles. The molecule has 0 saturated heterocycles. The molecular formula is C10H5BrF3NO3S. The Kier molecular flexibility index (Phi) is 3.68. The molecule has 0 unspecified atom stereocenters. The van der Waals surface area contributed by atoms with Gasteiger partial charge in [-0.3, -0.25) is 0 Å². The Morgan fingerprint density at radius 1 is 1.42 bits per heavy atom. The fraction of sp³-hybridized carbons (Fsp3) is 0.200. The van der Waals surface area contributed by atoms with Crippen molar-refractivity contribution in [3.8, 4) is 5.75 Å². The number of carbonyl (C=O) groups is 1. The highest BCUT2D eigenvalue weighted by molar-refractivity contribution is 9.11. The van der Waals surface area contributed by atoms with Gasteiger partial charge < -0.3 is 9.47 Å². The van der Waals surface area contributed by atoms with E-state index < -0.39 is 18.1 Å². The zero-order valence-corrected chi connectivity index (χ0v) is 11.6. The number of esters is 1. The molecule has 1 aromatic carbocycles. The molecule has 1 aromatic heterocycles. The van der Waals surface area contributed by atoms with Crippen LogP contribution in [0.2, 0.25) is 0 Å². The lowest BCUT2D eigenvalue weighted by Crippen LogP contribution is -2.17. The van der Waals surface area contributed by atoms with Gasteiger partial charge in [0.25, 0.3) is 0 Å². The van der Waals surface area contributed by atoms with Crippen LogP contribution in [0.5, 0.6) is 5.75 Å². The van der Waals surface area contributed by atoms with E-state index in [0.29, 0.717) is 8.62 Å². The van der Waals surface area contributed by atoms with E-state index in [1.165, 1.54) is 6.07 Å². The normalized spacial score (nSPS) is 11.6. The van der Waals surface area contributed by atoms with Crippen molar-refractivity contribution in [1.29, 1.82) is 0 Å². The molecule has 0 atom stereocenters. The van der Waals surface area contributed by atoms with Crippen molar-refractivity contribution < 1.29 is 27.4 Å². The van der Waals surface area contributed by atoms with E-state index >= 15 is 0 Å². The van der Waals surface area contributed by atoms with E-state index in [2.05, 4.69) is 30.4 Å². The minimum atomic E-state index is -4.86. The van der Waals surface area contributed by atoms with Crippen LogP contribution in [0, 0.1) is 0 Å². The van der Waals surface area contributed by atoms with E-state index in [1.54, 1.807) is 0 Å². The second-order valence-corrected chi connectivity index (χ2v) is 5.63. The first kappa shape index (κ1) is 14.1. The Bertz CT molecular complexity index is 641. The van der Waals surface area contributed by atoms with Gasteiger partial charge in [0, 0.05) is 0 Å². The summed E-state index contributed by atoms with van der Waals surface area (Å²) < 4.78 is 46.1. The summed E-state index contributed by atoms with van der Waals surface area (Å²) in [4.78, 5) is 15.3. The third kappa shape index (κ3) is 3.16. The summed E-state index contributed by atoms with van der Waals surface area (Å²) >= 11 is 4.16. The predicted octanol–water partition coefficient (Wildman–Crippen LogP) is 3.74. The zero-order valence-electron chi connectivity index (χ0n) is 9.25. The standard InChI is InChI=1S/C10H5BrF3NO3S/c1-17-8(16)4-2-5(18-10(12,13)14)7-6(3-4)19-9(11)15-7/h2-3H,1H3. The minimum absolute atomic E-state index is 0.0295. The molecule has 0 fully saturated rings. The third-order valence-electron chi connectivity index (χ3n) is 2.08. The average molecular weight is 356 g/mol. The molecule has 0 N–H and O–H groups in total. The highest BCUT2D eigenvalue weighted by atomic mass is 79.9. The lowest BCUT2D eigenvalue weighted by molar-refractivity contribution is -0.274. The molecule has 0 amide bonds. The van der Waals surface area contributed by atoms with Crippen molar-refractivity contribution in [2.75, 3.05) is 7.11 Å². The number of benzene rings is 1. The number of fused-ring (bicyclic) bond motifs is 1. The first-order valence-electron chi connectivity index (χ1n) is 4.74. The smallest absolute Gasteiger partial charge is 0.465 e. The zero-order chi connectivity index (χ0) is 14.2. The van der Waals surface area contributed by atoms with Gasteiger partial charge in [-0.2, -0.15) is 0 Å². The number of hydrogen-bond acceptors (Lipinski definition) is 5. The fourth-order valence-corrected chi connectivity index (χ4v) is 2.86. The summed E-state index contributed by atoms with van der Waals surface area (Å²) in [6, 6.07) is 2.35. The summed E-state index contributed by atoms with van der Waals surface area (Å²) in [7, 11) is 1.14. The molecule has 4 nitrogen and oxygen atoms in total. The van der Waals surface area contributed by atoms with Crippen LogP contribution in [0.3, 0.4) is 0 Å². The Balaban J connectivity index is 2.61. The molecule has 0 aliphatic heterocycles. The van der Waals surface area contributed by atoms with E-state index in [1.807, 2.05) is 0 Å². The van der Waals surface area contributed by atoms with Crippen LogP contribution in [0.4, 0.5) is 13.2 Å². The van der Waals surface area contributed by atoms with Crippen molar-refractivity contribution in [2.24, 2.45) is 0 Å². The number of carbonyl (C=O) groups excluding carboxylic acids is 1. The van der Waals surface area contributed by atoms with Gasteiger partial charge >= 0.3 is 12.3 Å². The quantitative estimate of drug-likeness (QED) is 0.770. The van der Waals surface area contributed by atoms with Gasteiger partial charge in [0.2, 0.25) is 0 Å². The number of aromatic nitrogens is 1. The van der Waals surface area contributed by atoms with Crippen LogP contribution >= 0.6 is 27.3 Å². The summed E-state index contributed by atoms with van der Waals surface area (Å²) in [6.45, 7) is 0. The number of thiazole rings is 1. The lowest BCUT2D eigenvalue weighted by atomic mass is 10.2. The maximum atomic E-state index is 12.3. The molecule has 0 aliphatic rings. The number of alkyl halides is 3. The Morgan fingerprint density at radius 3 is 2.68 bits per heavy atom.